The molecule has 0 saturated carbocycles. The molecule has 0 aliphatic heterocycles. The third-order valence-corrected chi connectivity index (χ3v) is 5.00. The number of nitrogens with zero attached hydrogens (tertiary/aromatic N) is 4. The predicted octanol–water partition coefficient (Wildman–Crippen LogP) is 3.59. The number of aromatic nitrogens is 5. The van der Waals surface area contributed by atoms with Crippen LogP contribution < -0.4 is 5.32 Å². The van der Waals surface area contributed by atoms with E-state index in [9.17, 15) is 4.79 Å². The van der Waals surface area contributed by atoms with Crippen molar-refractivity contribution in [1.29, 1.82) is 0 Å². The van der Waals surface area contributed by atoms with Crippen LogP contribution in [0.4, 0.5) is 0 Å². The molecule has 0 saturated heterocycles. The van der Waals surface area contributed by atoms with E-state index in [-0.39, 0.29) is 17.9 Å². The second kappa shape index (κ2) is 6.74. The van der Waals surface area contributed by atoms with Crippen molar-refractivity contribution in [3.63, 3.8) is 0 Å². The number of aryl methyl sites for hydroxylation is 3. The van der Waals surface area contributed by atoms with Gasteiger partial charge in [0.25, 0.3) is 5.91 Å². The number of hydrogen-bond acceptors (Lipinski definition) is 4. The van der Waals surface area contributed by atoms with Gasteiger partial charge in [0.15, 0.2) is 5.65 Å². The highest BCUT2D eigenvalue weighted by Crippen LogP contribution is 2.25. The molecule has 1 atom stereocenters. The number of benzene rings is 1. The van der Waals surface area contributed by atoms with Crippen LogP contribution in [-0.2, 0) is 7.05 Å². The topological polar surface area (TPSA) is 88.5 Å². The Kier molecular flexibility index (Phi) is 4.37. The van der Waals surface area contributed by atoms with Crippen LogP contribution in [0.1, 0.15) is 47.5 Å². The maximum atomic E-state index is 13.3. The molecule has 1 amide bonds. The van der Waals surface area contributed by atoms with Gasteiger partial charge in [-0.15, -0.1) is 0 Å². The molecular weight excluding hydrogens is 352 g/mol. The van der Waals surface area contributed by atoms with Crippen molar-refractivity contribution in [2.45, 2.75) is 33.7 Å². The SMILES string of the molecule is Cc1cc(C(=O)NC(c2nc3ccccc3[nH]2)C(C)C)c2c(C)nn(C)c2n1. The molecule has 3 aromatic heterocycles. The Hall–Kier alpha value is -3.22. The van der Waals surface area contributed by atoms with Gasteiger partial charge in [-0.05, 0) is 38.0 Å². The van der Waals surface area contributed by atoms with Crippen molar-refractivity contribution in [1.82, 2.24) is 30.0 Å². The lowest BCUT2D eigenvalue weighted by Gasteiger charge is -2.20. The standard InChI is InChI=1S/C21H24N6O/c1-11(2)18(19-23-15-8-6-7-9-16(15)24-19)25-21(28)14-10-12(3)22-20-17(14)13(4)26-27(20)5/h6-11,18H,1-5H3,(H,23,24)(H,25,28). The summed E-state index contributed by atoms with van der Waals surface area (Å²) < 4.78 is 1.72. The van der Waals surface area contributed by atoms with Crippen LogP contribution in [0.25, 0.3) is 22.1 Å². The van der Waals surface area contributed by atoms with Gasteiger partial charge in [0, 0.05) is 12.7 Å². The molecule has 2 N–H and O–H groups in total. The number of nitrogens with one attached hydrogen (secondary N) is 2. The fourth-order valence-corrected chi connectivity index (χ4v) is 3.64. The zero-order valence-electron chi connectivity index (χ0n) is 16.7. The Morgan fingerprint density at radius 2 is 1.93 bits per heavy atom. The number of carbonyl (C=O) groups is 1. The lowest BCUT2D eigenvalue weighted by molar-refractivity contribution is 0.0925. The van der Waals surface area contributed by atoms with E-state index in [1.165, 1.54) is 0 Å². The Labute approximate surface area is 163 Å². The van der Waals surface area contributed by atoms with E-state index >= 15 is 0 Å². The number of fused-ring (bicyclic) bond motifs is 2. The molecule has 0 aliphatic rings. The lowest BCUT2D eigenvalue weighted by atomic mass is 10.0. The van der Waals surface area contributed by atoms with Crippen LogP contribution >= 0.6 is 0 Å². The van der Waals surface area contributed by atoms with Gasteiger partial charge in [-0.25, -0.2) is 9.97 Å². The van der Waals surface area contributed by atoms with E-state index in [1.54, 1.807) is 4.68 Å². The molecule has 0 radical (unpaired) electrons. The van der Waals surface area contributed by atoms with Crippen LogP contribution in [0.2, 0.25) is 0 Å². The molecule has 1 unspecified atom stereocenters. The zero-order valence-corrected chi connectivity index (χ0v) is 16.7. The average molecular weight is 376 g/mol. The van der Waals surface area contributed by atoms with E-state index < -0.39 is 0 Å². The Bertz CT molecular complexity index is 1150. The number of para-hydroxylation sites is 2. The monoisotopic (exact) mass is 376 g/mol. The molecule has 4 rings (SSSR count). The molecule has 7 nitrogen and oxygen atoms in total. The summed E-state index contributed by atoms with van der Waals surface area (Å²) in [5.41, 5.74) is 4.73. The number of carbonyl (C=O) groups excluding carboxylic acids is 1. The van der Waals surface area contributed by atoms with Gasteiger partial charge in [0.05, 0.1) is 33.7 Å². The van der Waals surface area contributed by atoms with Crippen LogP contribution in [0, 0.1) is 19.8 Å². The highest BCUT2D eigenvalue weighted by atomic mass is 16.1. The number of pyridine rings is 1. The van der Waals surface area contributed by atoms with Crippen molar-refractivity contribution in [2.24, 2.45) is 13.0 Å². The van der Waals surface area contributed by atoms with E-state index in [4.69, 9.17) is 0 Å². The highest BCUT2D eigenvalue weighted by Gasteiger charge is 2.25. The van der Waals surface area contributed by atoms with Crippen LogP contribution in [0.5, 0.6) is 0 Å². The van der Waals surface area contributed by atoms with E-state index in [1.807, 2.05) is 51.2 Å². The molecular formula is C21H24N6O. The minimum Gasteiger partial charge on any atom is -0.342 e. The zero-order chi connectivity index (χ0) is 20.0. The maximum absolute atomic E-state index is 13.3. The van der Waals surface area contributed by atoms with Gasteiger partial charge in [-0.1, -0.05) is 26.0 Å². The third kappa shape index (κ3) is 3.02. The first-order valence-electron chi connectivity index (χ1n) is 9.41. The van der Waals surface area contributed by atoms with Crippen LogP contribution in [0.15, 0.2) is 30.3 Å². The molecule has 0 fully saturated rings. The molecule has 3 heterocycles. The molecule has 0 spiro atoms. The third-order valence-electron chi connectivity index (χ3n) is 5.00. The number of rotatable bonds is 4. The largest absolute Gasteiger partial charge is 0.342 e. The van der Waals surface area contributed by atoms with Gasteiger partial charge in [0.1, 0.15) is 5.82 Å². The first-order chi connectivity index (χ1) is 13.3. The van der Waals surface area contributed by atoms with E-state index in [0.717, 1.165) is 33.6 Å². The second-order valence-corrected chi connectivity index (χ2v) is 7.55. The molecule has 144 valence electrons. The summed E-state index contributed by atoms with van der Waals surface area (Å²) >= 11 is 0. The second-order valence-electron chi connectivity index (χ2n) is 7.55. The van der Waals surface area contributed by atoms with Crippen molar-refractivity contribution < 1.29 is 4.79 Å². The van der Waals surface area contributed by atoms with Crippen LogP contribution in [0.3, 0.4) is 0 Å². The van der Waals surface area contributed by atoms with Crippen molar-refractivity contribution >= 4 is 28.0 Å². The Balaban J connectivity index is 1.74. The van der Waals surface area contributed by atoms with Gasteiger partial charge < -0.3 is 10.3 Å². The fraction of sp³-hybridized carbons (Fsp3) is 0.333. The number of aromatic amines is 1. The van der Waals surface area contributed by atoms with Crippen LogP contribution in [-0.4, -0.2) is 30.6 Å². The van der Waals surface area contributed by atoms with Crippen molar-refractivity contribution in [2.75, 3.05) is 0 Å². The van der Waals surface area contributed by atoms with Crippen molar-refractivity contribution in [3.8, 4) is 0 Å². The van der Waals surface area contributed by atoms with E-state index in [0.29, 0.717) is 11.2 Å². The lowest BCUT2D eigenvalue weighted by Crippen LogP contribution is -2.32. The number of hydrogen-bond donors (Lipinski definition) is 2. The average Bonchev–Trinajstić information content (AvgIpc) is 3.19. The minimum atomic E-state index is -0.236. The first-order valence-corrected chi connectivity index (χ1v) is 9.41. The summed E-state index contributed by atoms with van der Waals surface area (Å²) in [5, 5.41) is 8.39. The first kappa shape index (κ1) is 18.2. The minimum absolute atomic E-state index is 0.147. The quantitative estimate of drug-likeness (QED) is 0.570. The Morgan fingerprint density at radius 3 is 2.64 bits per heavy atom. The smallest absolute Gasteiger partial charge is 0.252 e. The Morgan fingerprint density at radius 1 is 1.18 bits per heavy atom. The fourth-order valence-electron chi connectivity index (χ4n) is 3.64. The number of amides is 1. The summed E-state index contributed by atoms with van der Waals surface area (Å²) in [7, 11) is 1.84. The van der Waals surface area contributed by atoms with Gasteiger partial charge in [-0.2, -0.15) is 5.10 Å². The number of H-pyrrole nitrogens is 1. The summed E-state index contributed by atoms with van der Waals surface area (Å²) in [6.07, 6.45) is 0. The maximum Gasteiger partial charge on any atom is 0.252 e. The summed E-state index contributed by atoms with van der Waals surface area (Å²) in [5.74, 6) is 0.776. The molecule has 0 aliphatic carbocycles. The molecule has 4 aromatic rings. The summed E-state index contributed by atoms with van der Waals surface area (Å²) in [4.78, 5) is 25.8. The summed E-state index contributed by atoms with van der Waals surface area (Å²) in [6, 6.07) is 9.46. The normalized spacial score (nSPS) is 12.8. The molecule has 7 heteroatoms. The van der Waals surface area contributed by atoms with E-state index in [2.05, 4.69) is 39.2 Å². The van der Waals surface area contributed by atoms with Crippen molar-refractivity contribution in [3.05, 3.63) is 53.1 Å². The highest BCUT2D eigenvalue weighted by molar-refractivity contribution is 6.06. The molecule has 1 aromatic carbocycles. The van der Waals surface area contributed by atoms with Gasteiger partial charge in [-0.3, -0.25) is 9.48 Å². The molecule has 28 heavy (non-hydrogen) atoms. The molecule has 0 bridgehead atoms. The van der Waals surface area contributed by atoms with Gasteiger partial charge in [0.2, 0.25) is 0 Å². The predicted molar refractivity (Wildman–Crippen MR) is 109 cm³/mol. The summed E-state index contributed by atoms with van der Waals surface area (Å²) in [6.45, 7) is 7.93. The van der Waals surface area contributed by atoms with Gasteiger partial charge >= 0.3 is 0 Å². The number of imidazole rings is 1.